The lowest BCUT2D eigenvalue weighted by Crippen LogP contribution is -2.57. The number of carboxylic acid groups (broad SMARTS) is 1. The van der Waals surface area contributed by atoms with Crippen molar-refractivity contribution in [1.82, 2.24) is 10.2 Å². The van der Waals surface area contributed by atoms with Crippen molar-refractivity contribution in [3.8, 4) is 5.75 Å². The molecule has 3 N–H and O–H groups in total. The molecule has 0 spiro atoms. The second-order valence-electron chi connectivity index (χ2n) is 7.98. The third-order valence-electron chi connectivity index (χ3n) is 6.11. The SMILES string of the molecule is O=C(O)c1c(OC2CN(CC3(CO)CN3)C2)ccc2c1C[B]C1CC21. The van der Waals surface area contributed by atoms with Crippen LogP contribution < -0.4 is 10.1 Å². The van der Waals surface area contributed by atoms with Gasteiger partial charge in [-0.3, -0.25) is 4.90 Å². The lowest BCUT2D eigenvalue weighted by Gasteiger charge is -2.40. The summed E-state index contributed by atoms with van der Waals surface area (Å²) < 4.78 is 6.04. The smallest absolute Gasteiger partial charge is 0.339 e. The second-order valence-corrected chi connectivity index (χ2v) is 7.98. The number of rotatable bonds is 6. The Morgan fingerprint density at radius 1 is 1.44 bits per heavy atom. The molecule has 1 aliphatic carbocycles. The molecule has 1 aromatic carbocycles. The molecule has 2 saturated heterocycles. The first-order valence-corrected chi connectivity index (χ1v) is 9.06. The van der Waals surface area contributed by atoms with Crippen molar-refractivity contribution in [2.75, 3.05) is 32.8 Å². The first-order chi connectivity index (χ1) is 12.1. The third kappa shape index (κ3) is 2.65. The molecule has 3 heterocycles. The molecule has 3 aliphatic heterocycles. The van der Waals surface area contributed by atoms with Crippen LogP contribution in [0.25, 0.3) is 0 Å². The Kier molecular flexibility index (Phi) is 3.42. The highest BCUT2D eigenvalue weighted by Gasteiger charge is 2.46. The van der Waals surface area contributed by atoms with E-state index in [1.807, 2.05) is 6.07 Å². The van der Waals surface area contributed by atoms with Gasteiger partial charge in [-0.2, -0.15) is 0 Å². The van der Waals surface area contributed by atoms with Crippen molar-refractivity contribution >= 4 is 13.2 Å². The van der Waals surface area contributed by atoms with Crippen molar-refractivity contribution < 1.29 is 19.7 Å². The largest absolute Gasteiger partial charge is 0.487 e. The summed E-state index contributed by atoms with van der Waals surface area (Å²) in [7, 11) is 2.26. The molecule has 1 saturated carbocycles. The zero-order valence-electron chi connectivity index (χ0n) is 14.1. The number of carbonyl (C=O) groups is 1. The summed E-state index contributed by atoms with van der Waals surface area (Å²) >= 11 is 0. The van der Waals surface area contributed by atoms with Crippen LogP contribution in [0.15, 0.2) is 12.1 Å². The third-order valence-corrected chi connectivity index (χ3v) is 6.11. The minimum absolute atomic E-state index is 0.0203. The second kappa shape index (κ2) is 5.46. The zero-order chi connectivity index (χ0) is 17.2. The molecule has 3 unspecified atom stereocenters. The number of aliphatic hydroxyl groups excluding tert-OH is 1. The predicted octanol–water partition coefficient (Wildman–Crippen LogP) is 0.276. The Balaban J connectivity index is 1.29. The van der Waals surface area contributed by atoms with Crippen molar-refractivity contribution in [3.05, 3.63) is 28.8 Å². The van der Waals surface area contributed by atoms with E-state index >= 15 is 0 Å². The quantitative estimate of drug-likeness (QED) is 0.508. The van der Waals surface area contributed by atoms with Gasteiger partial charge in [0, 0.05) is 26.2 Å². The Labute approximate surface area is 147 Å². The van der Waals surface area contributed by atoms with Gasteiger partial charge in [-0.05, 0) is 23.1 Å². The topological polar surface area (TPSA) is 91.9 Å². The first kappa shape index (κ1) is 15.7. The molecule has 5 rings (SSSR count). The summed E-state index contributed by atoms with van der Waals surface area (Å²) in [6, 6.07) is 3.92. The molecule has 131 valence electrons. The number of hydrogen-bond acceptors (Lipinski definition) is 5. The Hall–Kier alpha value is -1.57. The van der Waals surface area contributed by atoms with Crippen LogP contribution in [-0.4, -0.2) is 72.8 Å². The van der Waals surface area contributed by atoms with E-state index in [2.05, 4.69) is 23.6 Å². The van der Waals surface area contributed by atoms with Crippen LogP contribution in [0.4, 0.5) is 0 Å². The van der Waals surface area contributed by atoms with Crippen molar-refractivity contribution in [2.24, 2.45) is 0 Å². The maximum absolute atomic E-state index is 11.9. The minimum Gasteiger partial charge on any atom is -0.487 e. The molecule has 0 bridgehead atoms. The summed E-state index contributed by atoms with van der Waals surface area (Å²) in [6.45, 7) is 3.38. The molecule has 1 radical (unpaired) electrons. The first-order valence-electron chi connectivity index (χ1n) is 9.06. The van der Waals surface area contributed by atoms with Crippen LogP contribution in [0.1, 0.15) is 33.8 Å². The van der Waals surface area contributed by atoms with Gasteiger partial charge in [0.1, 0.15) is 24.7 Å². The number of nitrogens with zero attached hydrogens (tertiary/aromatic N) is 1. The van der Waals surface area contributed by atoms with Gasteiger partial charge in [0.2, 0.25) is 0 Å². The fraction of sp³-hybridized carbons (Fsp3) is 0.611. The average molecular weight is 341 g/mol. The van der Waals surface area contributed by atoms with Crippen LogP contribution in [0.2, 0.25) is 5.82 Å². The van der Waals surface area contributed by atoms with E-state index in [1.54, 1.807) is 0 Å². The van der Waals surface area contributed by atoms with E-state index in [4.69, 9.17) is 4.74 Å². The van der Waals surface area contributed by atoms with E-state index < -0.39 is 5.97 Å². The summed E-state index contributed by atoms with van der Waals surface area (Å²) in [4.78, 5) is 14.1. The molecule has 0 amide bonds. The Bertz CT molecular complexity index is 730. The van der Waals surface area contributed by atoms with Crippen molar-refractivity contribution in [1.29, 1.82) is 0 Å². The molecule has 25 heavy (non-hydrogen) atoms. The Morgan fingerprint density at radius 2 is 2.24 bits per heavy atom. The van der Waals surface area contributed by atoms with Gasteiger partial charge in [-0.25, -0.2) is 4.79 Å². The number of benzene rings is 1. The van der Waals surface area contributed by atoms with E-state index in [0.717, 1.165) is 44.5 Å². The van der Waals surface area contributed by atoms with Gasteiger partial charge in [-0.15, -0.1) is 0 Å². The Morgan fingerprint density at radius 3 is 2.92 bits per heavy atom. The van der Waals surface area contributed by atoms with E-state index in [0.29, 0.717) is 23.0 Å². The maximum Gasteiger partial charge on any atom is 0.339 e. The van der Waals surface area contributed by atoms with Crippen molar-refractivity contribution in [2.45, 2.75) is 36.1 Å². The number of likely N-dealkylation sites (tertiary alicyclic amines) is 1. The normalized spacial score (nSPS) is 32.8. The molecular weight excluding hydrogens is 319 g/mol. The van der Waals surface area contributed by atoms with Crippen LogP contribution in [-0.2, 0) is 6.32 Å². The number of ether oxygens (including phenoxy) is 1. The van der Waals surface area contributed by atoms with Gasteiger partial charge in [0.15, 0.2) is 0 Å². The molecule has 7 heteroatoms. The lowest BCUT2D eigenvalue weighted by molar-refractivity contribution is 0.00869. The van der Waals surface area contributed by atoms with E-state index in [9.17, 15) is 15.0 Å². The average Bonchev–Trinajstić information content (AvgIpc) is 3.46. The highest BCUT2D eigenvalue weighted by Crippen LogP contribution is 2.57. The fourth-order valence-electron chi connectivity index (χ4n) is 4.38. The number of fused-ring (bicyclic) bond motifs is 3. The molecule has 1 aromatic rings. The molecule has 6 nitrogen and oxygen atoms in total. The van der Waals surface area contributed by atoms with Crippen LogP contribution in [0.3, 0.4) is 0 Å². The highest BCUT2D eigenvalue weighted by atomic mass is 16.5. The zero-order valence-corrected chi connectivity index (χ0v) is 14.1. The monoisotopic (exact) mass is 341 g/mol. The minimum atomic E-state index is -0.892. The fourth-order valence-corrected chi connectivity index (χ4v) is 4.38. The summed E-state index contributed by atoms with van der Waals surface area (Å²) in [5, 5.41) is 22.3. The van der Waals surface area contributed by atoms with Crippen LogP contribution in [0.5, 0.6) is 5.75 Å². The van der Waals surface area contributed by atoms with E-state index in [1.165, 1.54) is 5.56 Å². The van der Waals surface area contributed by atoms with Crippen molar-refractivity contribution in [3.63, 3.8) is 0 Å². The molecule has 4 aliphatic rings. The van der Waals surface area contributed by atoms with Gasteiger partial charge in [0.05, 0.1) is 12.1 Å². The summed E-state index contributed by atoms with van der Waals surface area (Å²) in [5.74, 6) is 0.786. The van der Waals surface area contributed by atoms with Gasteiger partial charge in [0.25, 0.3) is 0 Å². The summed E-state index contributed by atoms with van der Waals surface area (Å²) in [5.41, 5.74) is 2.38. The molecule has 3 fully saturated rings. The number of carboxylic acids is 1. The van der Waals surface area contributed by atoms with Gasteiger partial charge >= 0.3 is 5.97 Å². The number of nitrogens with one attached hydrogen (secondary N) is 1. The number of aliphatic hydroxyl groups is 1. The van der Waals surface area contributed by atoms with Crippen LogP contribution in [0, 0.1) is 0 Å². The highest BCUT2D eigenvalue weighted by molar-refractivity contribution is 6.40. The number of hydrogen-bond donors (Lipinski definition) is 3. The van der Waals surface area contributed by atoms with Gasteiger partial charge in [-0.1, -0.05) is 24.6 Å². The molecule has 0 aromatic heterocycles. The molecule has 3 atom stereocenters. The van der Waals surface area contributed by atoms with Crippen LogP contribution >= 0.6 is 0 Å². The maximum atomic E-state index is 11.9. The number of aromatic carboxylic acids is 1. The summed E-state index contributed by atoms with van der Waals surface area (Å²) in [6.07, 6.45) is 1.91. The standard InChI is InChI=1S/C18H22BN2O4/c22-9-18(7-20-18)8-21-5-10(6-21)25-15-2-1-11-12-3-14(12)19-4-13(11)16(15)17(23)24/h1-2,10,12,14,20,22H,3-9H2,(H,23,24). The lowest BCUT2D eigenvalue weighted by atomic mass is 9.60. The predicted molar refractivity (Wildman–Crippen MR) is 92.6 cm³/mol. The van der Waals surface area contributed by atoms with E-state index in [-0.39, 0.29) is 18.2 Å². The molecular formula is C18H22BN2O4. The van der Waals surface area contributed by atoms with Gasteiger partial charge < -0.3 is 20.3 Å².